The zero-order chi connectivity index (χ0) is 14.5. The van der Waals surface area contributed by atoms with E-state index >= 15 is 0 Å². The third-order valence-electron chi connectivity index (χ3n) is 5.74. The normalized spacial score (nSPS) is 35.1. The van der Waals surface area contributed by atoms with E-state index in [0.29, 0.717) is 5.92 Å². The molecule has 0 aromatic heterocycles. The third-order valence-corrected chi connectivity index (χ3v) is 5.74. The first kappa shape index (κ1) is 16.3. The summed E-state index contributed by atoms with van der Waals surface area (Å²) in [7, 11) is 0. The van der Waals surface area contributed by atoms with Gasteiger partial charge in [-0.2, -0.15) is 0 Å². The van der Waals surface area contributed by atoms with Crippen LogP contribution in [0.1, 0.15) is 52.9 Å². The number of piperazine rings is 1. The lowest BCUT2D eigenvalue weighted by Crippen LogP contribution is -2.51. The van der Waals surface area contributed by atoms with E-state index in [9.17, 15) is 5.11 Å². The van der Waals surface area contributed by atoms with Crippen molar-refractivity contribution in [2.24, 2.45) is 11.8 Å². The van der Waals surface area contributed by atoms with Crippen molar-refractivity contribution < 1.29 is 5.11 Å². The minimum absolute atomic E-state index is 0.0506. The van der Waals surface area contributed by atoms with Gasteiger partial charge in [0.25, 0.3) is 0 Å². The minimum atomic E-state index is -0.0506. The maximum atomic E-state index is 10.3. The molecule has 0 aromatic carbocycles. The summed E-state index contributed by atoms with van der Waals surface area (Å²) in [5.74, 6) is 1.37. The maximum Gasteiger partial charge on any atom is 0.0580 e. The molecule has 118 valence electrons. The summed E-state index contributed by atoms with van der Waals surface area (Å²) in [6.45, 7) is 12.8. The molecule has 2 rings (SSSR count). The molecule has 1 saturated heterocycles. The highest BCUT2D eigenvalue weighted by Gasteiger charge is 2.30. The van der Waals surface area contributed by atoms with Gasteiger partial charge >= 0.3 is 0 Å². The largest absolute Gasteiger partial charge is 0.393 e. The molecule has 1 heterocycles. The summed E-state index contributed by atoms with van der Waals surface area (Å²) in [6, 6.07) is 0.724. The molecular formula is C17H34N2O. The second-order valence-electron chi connectivity index (χ2n) is 7.01. The Morgan fingerprint density at radius 2 is 1.80 bits per heavy atom. The van der Waals surface area contributed by atoms with Gasteiger partial charge in [0.05, 0.1) is 6.10 Å². The first-order chi connectivity index (χ1) is 9.63. The smallest absolute Gasteiger partial charge is 0.0580 e. The quantitative estimate of drug-likeness (QED) is 0.839. The van der Waals surface area contributed by atoms with Gasteiger partial charge in [0.2, 0.25) is 0 Å². The molecule has 0 radical (unpaired) electrons. The van der Waals surface area contributed by atoms with Gasteiger partial charge < -0.3 is 10.0 Å². The van der Waals surface area contributed by atoms with Crippen molar-refractivity contribution in [1.29, 1.82) is 0 Å². The van der Waals surface area contributed by atoms with E-state index < -0.39 is 0 Å². The van der Waals surface area contributed by atoms with Crippen molar-refractivity contribution >= 4 is 0 Å². The number of aliphatic hydroxyl groups is 1. The van der Waals surface area contributed by atoms with Gasteiger partial charge in [-0.15, -0.1) is 0 Å². The number of hydrogen-bond donors (Lipinski definition) is 1. The lowest BCUT2D eigenvalue weighted by atomic mass is 9.78. The number of nitrogens with zero attached hydrogens (tertiary/aromatic N) is 2. The fourth-order valence-electron chi connectivity index (χ4n) is 3.89. The molecule has 2 aliphatic rings. The summed E-state index contributed by atoms with van der Waals surface area (Å²) >= 11 is 0. The molecule has 1 N–H and O–H groups in total. The average molecular weight is 282 g/mol. The van der Waals surface area contributed by atoms with Crippen LogP contribution in [0.4, 0.5) is 0 Å². The molecule has 0 aromatic rings. The topological polar surface area (TPSA) is 26.7 Å². The number of aliphatic hydroxyl groups excluding tert-OH is 1. The van der Waals surface area contributed by atoms with E-state index in [2.05, 4.69) is 30.6 Å². The van der Waals surface area contributed by atoms with Crippen molar-refractivity contribution in [1.82, 2.24) is 9.80 Å². The molecule has 1 aliphatic heterocycles. The van der Waals surface area contributed by atoms with Gasteiger partial charge in [-0.25, -0.2) is 0 Å². The fourth-order valence-corrected chi connectivity index (χ4v) is 3.89. The van der Waals surface area contributed by atoms with E-state index in [1.807, 2.05) is 0 Å². The monoisotopic (exact) mass is 282 g/mol. The molecule has 4 atom stereocenters. The minimum Gasteiger partial charge on any atom is -0.393 e. The van der Waals surface area contributed by atoms with Crippen LogP contribution in [0.5, 0.6) is 0 Å². The second kappa shape index (κ2) is 7.77. The molecular weight excluding hydrogens is 248 g/mol. The van der Waals surface area contributed by atoms with Gasteiger partial charge in [0.1, 0.15) is 0 Å². The van der Waals surface area contributed by atoms with Crippen LogP contribution >= 0.6 is 0 Å². The van der Waals surface area contributed by atoms with Crippen LogP contribution < -0.4 is 0 Å². The van der Waals surface area contributed by atoms with Crippen molar-refractivity contribution in [3.05, 3.63) is 0 Å². The summed E-state index contributed by atoms with van der Waals surface area (Å²) in [4.78, 5) is 5.20. The Bertz CT molecular complexity index is 276. The van der Waals surface area contributed by atoms with Crippen molar-refractivity contribution in [3.8, 4) is 0 Å². The molecule has 0 bridgehead atoms. The predicted octanol–water partition coefficient (Wildman–Crippen LogP) is 2.59. The summed E-state index contributed by atoms with van der Waals surface area (Å²) < 4.78 is 0. The Kier molecular flexibility index (Phi) is 6.31. The van der Waals surface area contributed by atoms with Crippen LogP contribution in [0.3, 0.4) is 0 Å². The van der Waals surface area contributed by atoms with Crippen LogP contribution in [0.25, 0.3) is 0 Å². The molecule has 3 nitrogen and oxygen atoms in total. The molecule has 0 spiro atoms. The van der Waals surface area contributed by atoms with Crippen LogP contribution in [-0.2, 0) is 0 Å². The fraction of sp³-hybridized carbons (Fsp3) is 1.00. The molecule has 20 heavy (non-hydrogen) atoms. The van der Waals surface area contributed by atoms with Gasteiger partial charge in [0.15, 0.2) is 0 Å². The number of rotatable bonds is 5. The third kappa shape index (κ3) is 4.19. The van der Waals surface area contributed by atoms with Gasteiger partial charge in [-0.1, -0.05) is 20.3 Å². The SMILES string of the molecule is CCC1CCC(O)C(CN2CCN(C(C)CC)CC2)C1. The molecule has 1 aliphatic carbocycles. The molecule has 2 fully saturated rings. The van der Waals surface area contributed by atoms with Crippen molar-refractivity contribution in [2.45, 2.75) is 65.0 Å². The first-order valence-corrected chi connectivity index (χ1v) is 8.78. The summed E-state index contributed by atoms with van der Waals surface area (Å²) in [5, 5.41) is 10.3. The highest BCUT2D eigenvalue weighted by Crippen LogP contribution is 2.32. The van der Waals surface area contributed by atoms with E-state index in [-0.39, 0.29) is 6.10 Å². The Labute approximate surface area is 125 Å². The van der Waals surface area contributed by atoms with E-state index in [1.54, 1.807) is 0 Å². The summed E-state index contributed by atoms with van der Waals surface area (Å²) in [5.41, 5.74) is 0. The zero-order valence-corrected chi connectivity index (χ0v) is 13.7. The molecule has 1 saturated carbocycles. The van der Waals surface area contributed by atoms with Gasteiger partial charge in [0, 0.05) is 38.8 Å². The van der Waals surface area contributed by atoms with Crippen LogP contribution in [0.15, 0.2) is 0 Å². The highest BCUT2D eigenvalue weighted by atomic mass is 16.3. The van der Waals surface area contributed by atoms with Crippen molar-refractivity contribution in [2.75, 3.05) is 32.7 Å². The maximum absolute atomic E-state index is 10.3. The van der Waals surface area contributed by atoms with E-state index in [4.69, 9.17) is 0 Å². The van der Waals surface area contributed by atoms with Gasteiger partial charge in [-0.05, 0) is 44.4 Å². The Morgan fingerprint density at radius 3 is 2.40 bits per heavy atom. The Morgan fingerprint density at radius 1 is 1.10 bits per heavy atom. The van der Waals surface area contributed by atoms with Crippen LogP contribution in [0.2, 0.25) is 0 Å². The average Bonchev–Trinajstić information content (AvgIpc) is 2.49. The Balaban J connectivity index is 1.76. The lowest BCUT2D eigenvalue weighted by Gasteiger charge is -2.41. The highest BCUT2D eigenvalue weighted by molar-refractivity contribution is 4.84. The van der Waals surface area contributed by atoms with E-state index in [1.165, 1.54) is 51.9 Å². The van der Waals surface area contributed by atoms with Crippen LogP contribution in [-0.4, -0.2) is 59.8 Å². The van der Waals surface area contributed by atoms with Crippen LogP contribution in [0, 0.1) is 11.8 Å². The predicted molar refractivity (Wildman–Crippen MR) is 84.9 cm³/mol. The lowest BCUT2D eigenvalue weighted by molar-refractivity contribution is 0.0125. The first-order valence-electron chi connectivity index (χ1n) is 8.78. The second-order valence-corrected chi connectivity index (χ2v) is 7.01. The molecule has 0 amide bonds. The summed E-state index contributed by atoms with van der Waals surface area (Å²) in [6.07, 6.45) is 5.98. The zero-order valence-electron chi connectivity index (χ0n) is 13.7. The molecule has 3 heteroatoms. The molecule has 4 unspecified atom stereocenters. The Hall–Kier alpha value is -0.120. The standard InChI is InChI=1S/C17H34N2O/c1-4-14(3)19-10-8-18(9-11-19)13-16-12-15(5-2)6-7-17(16)20/h14-17,20H,4-13H2,1-3H3. The van der Waals surface area contributed by atoms with Crippen molar-refractivity contribution in [3.63, 3.8) is 0 Å². The number of hydrogen-bond acceptors (Lipinski definition) is 3. The van der Waals surface area contributed by atoms with Gasteiger partial charge in [-0.3, -0.25) is 4.90 Å². The van der Waals surface area contributed by atoms with E-state index in [0.717, 1.165) is 24.9 Å².